The molecule has 3 nitrogen and oxygen atoms in total. The highest BCUT2D eigenvalue weighted by Gasteiger charge is 2.18. The van der Waals surface area contributed by atoms with Gasteiger partial charge in [0.25, 0.3) is 0 Å². The van der Waals surface area contributed by atoms with E-state index in [2.05, 4.69) is 32.7 Å². The first-order valence-electron chi connectivity index (χ1n) is 3.72. The first-order valence-corrected chi connectivity index (χ1v) is 9.54. The van der Waals surface area contributed by atoms with Crippen molar-refractivity contribution in [2.24, 2.45) is 0 Å². The Bertz CT molecular complexity index is 114. The van der Waals surface area contributed by atoms with Crippen molar-refractivity contribution in [3.05, 3.63) is 0 Å². The highest BCUT2D eigenvalue weighted by atomic mass is 28.4. The molecule has 5 heteroatoms. The second-order valence-electron chi connectivity index (χ2n) is 3.64. The predicted octanol–water partition coefficient (Wildman–Crippen LogP) is 1.87. The van der Waals surface area contributed by atoms with E-state index in [0.717, 1.165) is 0 Å². The maximum atomic E-state index is 5.52. The topological polar surface area (TPSA) is 21.7 Å². The fraction of sp³-hybridized carbons (Fsp3) is 1.00. The van der Waals surface area contributed by atoms with Crippen molar-refractivity contribution in [3.8, 4) is 0 Å². The van der Waals surface area contributed by atoms with E-state index in [1.54, 1.807) is 0 Å². The molecule has 0 aliphatic rings. The first-order chi connectivity index (χ1) is 4.81. The summed E-state index contributed by atoms with van der Waals surface area (Å²) in [6.45, 7) is 10.5. The highest BCUT2D eigenvalue weighted by molar-refractivity contribution is 6.69. The number of hydrogen-bond donors (Lipinski definition) is 0. The van der Waals surface area contributed by atoms with E-state index in [9.17, 15) is 0 Å². The van der Waals surface area contributed by atoms with Gasteiger partial charge in [0.1, 0.15) is 0 Å². The van der Waals surface area contributed by atoms with E-state index in [1.807, 2.05) is 7.05 Å². The van der Waals surface area contributed by atoms with E-state index < -0.39 is 17.4 Å². The summed E-state index contributed by atoms with van der Waals surface area (Å²) in [4.78, 5) is 0. The van der Waals surface area contributed by atoms with Gasteiger partial charge in [0.2, 0.25) is 17.4 Å². The highest BCUT2D eigenvalue weighted by Crippen LogP contribution is 2.05. The molecule has 0 fully saturated rings. The molecular formula is C6H18NO2Si2. The molecule has 11 heavy (non-hydrogen) atoms. The van der Waals surface area contributed by atoms with Crippen molar-refractivity contribution in [1.82, 2.24) is 5.23 Å². The molecule has 0 aromatic carbocycles. The second kappa shape index (κ2) is 4.37. The molecule has 0 aromatic rings. The summed E-state index contributed by atoms with van der Waals surface area (Å²) >= 11 is 0. The largest absolute Gasteiger partial charge is 0.322 e. The molecule has 0 aliphatic carbocycles. The standard InChI is InChI=1S/C6H18NO2Si2/c1-7(8-10(2)3)9-11(4,5)6/h1-6H3. The van der Waals surface area contributed by atoms with Crippen LogP contribution in [0.5, 0.6) is 0 Å². The molecule has 0 spiro atoms. The molecule has 0 saturated heterocycles. The monoisotopic (exact) mass is 192 g/mol. The molecule has 0 heterocycles. The van der Waals surface area contributed by atoms with Gasteiger partial charge in [-0.1, -0.05) is 5.23 Å². The summed E-state index contributed by atoms with van der Waals surface area (Å²) in [7, 11) is -0.337. The zero-order valence-corrected chi connectivity index (χ0v) is 10.3. The van der Waals surface area contributed by atoms with Crippen LogP contribution in [0.3, 0.4) is 0 Å². The smallest absolute Gasteiger partial charge is 0.238 e. The van der Waals surface area contributed by atoms with Crippen LogP contribution >= 0.6 is 0 Å². The fourth-order valence-electron chi connectivity index (χ4n) is 0.661. The minimum Gasteiger partial charge on any atom is -0.322 e. The van der Waals surface area contributed by atoms with Crippen LogP contribution in [0.15, 0.2) is 0 Å². The molecule has 0 bridgehead atoms. The average Bonchev–Trinajstić information content (AvgIpc) is 1.53. The third-order valence-corrected chi connectivity index (χ3v) is 2.14. The van der Waals surface area contributed by atoms with E-state index in [-0.39, 0.29) is 0 Å². The Morgan fingerprint density at radius 1 is 1.18 bits per heavy atom. The number of hydroxylamine groups is 2. The molecule has 0 unspecified atom stereocenters. The van der Waals surface area contributed by atoms with Crippen LogP contribution in [-0.4, -0.2) is 29.6 Å². The van der Waals surface area contributed by atoms with E-state index >= 15 is 0 Å². The van der Waals surface area contributed by atoms with Crippen molar-refractivity contribution in [1.29, 1.82) is 0 Å². The minimum atomic E-state index is -1.47. The van der Waals surface area contributed by atoms with Crippen LogP contribution in [0.25, 0.3) is 0 Å². The summed E-state index contributed by atoms with van der Waals surface area (Å²) in [6, 6.07) is 0. The fourth-order valence-corrected chi connectivity index (χ4v) is 2.10. The summed E-state index contributed by atoms with van der Waals surface area (Å²) in [5.41, 5.74) is 0. The first kappa shape index (κ1) is 11.3. The lowest BCUT2D eigenvalue weighted by atomic mass is 11.5. The van der Waals surface area contributed by atoms with Gasteiger partial charge >= 0.3 is 0 Å². The van der Waals surface area contributed by atoms with Crippen LogP contribution in [0.1, 0.15) is 0 Å². The molecule has 0 aromatic heterocycles. The lowest BCUT2D eigenvalue weighted by Crippen LogP contribution is -2.37. The van der Waals surface area contributed by atoms with Crippen molar-refractivity contribution < 1.29 is 9.05 Å². The molecule has 0 rings (SSSR count). The lowest BCUT2D eigenvalue weighted by molar-refractivity contribution is -0.248. The van der Waals surface area contributed by atoms with Crippen molar-refractivity contribution in [2.45, 2.75) is 32.7 Å². The van der Waals surface area contributed by atoms with Crippen LogP contribution in [0.4, 0.5) is 0 Å². The summed E-state index contributed by atoms with van der Waals surface area (Å²) in [5.74, 6) is 0. The zero-order chi connectivity index (χ0) is 9.07. The van der Waals surface area contributed by atoms with Crippen molar-refractivity contribution >= 4 is 17.4 Å². The van der Waals surface area contributed by atoms with Gasteiger partial charge in [0, 0.05) is 7.05 Å². The maximum Gasteiger partial charge on any atom is 0.238 e. The third kappa shape index (κ3) is 8.22. The van der Waals surface area contributed by atoms with Crippen molar-refractivity contribution in [3.63, 3.8) is 0 Å². The molecular weight excluding hydrogens is 174 g/mol. The number of rotatable bonds is 4. The molecule has 67 valence electrons. The molecule has 0 N–H and O–H groups in total. The second-order valence-corrected chi connectivity index (χ2v) is 10.0. The van der Waals surface area contributed by atoms with Crippen molar-refractivity contribution in [2.75, 3.05) is 7.05 Å². The van der Waals surface area contributed by atoms with E-state index in [0.29, 0.717) is 0 Å². The maximum absolute atomic E-state index is 5.52. The van der Waals surface area contributed by atoms with Gasteiger partial charge in [-0.25, -0.2) is 0 Å². The van der Waals surface area contributed by atoms with Crippen LogP contribution in [0.2, 0.25) is 32.7 Å². The quantitative estimate of drug-likeness (QED) is 0.501. The molecule has 0 aliphatic heterocycles. The van der Waals surface area contributed by atoms with Gasteiger partial charge in [0.05, 0.1) is 0 Å². The van der Waals surface area contributed by atoms with Crippen LogP contribution in [0, 0.1) is 0 Å². The predicted molar refractivity (Wildman–Crippen MR) is 50.8 cm³/mol. The lowest BCUT2D eigenvalue weighted by Gasteiger charge is -2.25. The SMILES string of the molecule is CN(O[Si](C)C)O[Si](C)(C)C. The molecule has 0 amide bonds. The average molecular weight is 192 g/mol. The Hall–Kier alpha value is 0.314. The van der Waals surface area contributed by atoms with E-state index in [4.69, 9.17) is 9.05 Å². The Kier molecular flexibility index (Phi) is 4.49. The Balaban J connectivity index is 3.61. The van der Waals surface area contributed by atoms with Crippen LogP contribution in [-0.2, 0) is 9.05 Å². The number of hydrogen-bond acceptors (Lipinski definition) is 3. The van der Waals surface area contributed by atoms with Gasteiger partial charge in [0.15, 0.2) is 0 Å². The Labute approximate surface area is 72.1 Å². The molecule has 0 atom stereocenters. The van der Waals surface area contributed by atoms with Gasteiger partial charge in [-0.2, -0.15) is 0 Å². The Morgan fingerprint density at radius 2 is 1.64 bits per heavy atom. The third-order valence-electron chi connectivity index (χ3n) is 0.714. The number of nitrogens with zero attached hydrogens (tertiary/aromatic N) is 1. The molecule has 1 radical (unpaired) electrons. The van der Waals surface area contributed by atoms with Gasteiger partial charge < -0.3 is 9.05 Å². The molecule has 0 saturated carbocycles. The summed E-state index contributed by atoms with van der Waals surface area (Å²) in [5, 5.41) is 1.51. The van der Waals surface area contributed by atoms with Crippen LogP contribution < -0.4 is 0 Å². The van der Waals surface area contributed by atoms with Gasteiger partial charge in [-0.3, -0.25) is 0 Å². The van der Waals surface area contributed by atoms with E-state index in [1.165, 1.54) is 5.23 Å². The van der Waals surface area contributed by atoms with Gasteiger partial charge in [-0.15, -0.1) is 0 Å². The Morgan fingerprint density at radius 3 is 1.91 bits per heavy atom. The van der Waals surface area contributed by atoms with Gasteiger partial charge in [-0.05, 0) is 32.7 Å². The zero-order valence-electron chi connectivity index (χ0n) is 8.26. The normalized spacial score (nSPS) is 13.1. The summed E-state index contributed by atoms with van der Waals surface area (Å²) < 4.78 is 10.9. The minimum absolute atomic E-state index is 0.682. The summed E-state index contributed by atoms with van der Waals surface area (Å²) in [6.07, 6.45) is 0.